The van der Waals surface area contributed by atoms with Gasteiger partial charge in [0.25, 0.3) is 0 Å². The van der Waals surface area contributed by atoms with Gasteiger partial charge in [-0.1, -0.05) is 46.6 Å². The number of aliphatic hydroxyl groups is 3. The fourth-order valence-corrected chi connectivity index (χ4v) is 5.11. The van der Waals surface area contributed by atoms with Crippen molar-refractivity contribution in [3.8, 4) is 0 Å². The Morgan fingerprint density at radius 1 is 1.09 bits per heavy atom. The van der Waals surface area contributed by atoms with Crippen molar-refractivity contribution < 1.29 is 24.9 Å². The molecule has 5 atom stereocenters. The lowest BCUT2D eigenvalue weighted by molar-refractivity contribution is -0.143. The number of carbonyl (C=O) groups excluding carboxylic acids is 2. The Balaban J connectivity index is 0.000000566. The third-order valence-electron chi connectivity index (χ3n) is 7.17. The number of aryl methyl sites for hydroxylation is 1. The number of Topliss-reactive ketones (excluding diaryl/α,β-unsaturated/α-hetero) is 2. The molecule has 1 aromatic rings. The highest BCUT2D eigenvalue weighted by Crippen LogP contribution is 2.33. The zero-order valence-electron chi connectivity index (χ0n) is 22.7. The fourth-order valence-electron chi connectivity index (χ4n) is 4.53. The first-order valence-corrected chi connectivity index (χ1v) is 13.8. The lowest BCUT2D eigenvalue weighted by Gasteiger charge is -2.34. The molecule has 6 nitrogen and oxygen atoms in total. The third-order valence-corrected chi connectivity index (χ3v) is 7.96. The number of ketones is 2. The molecule has 1 unspecified atom stereocenters. The Hall–Kier alpha value is -1.41. The topological polar surface area (TPSA) is 108 Å². The van der Waals surface area contributed by atoms with Crippen LogP contribution in [0, 0.1) is 24.2 Å². The van der Waals surface area contributed by atoms with Gasteiger partial charge in [-0.25, -0.2) is 4.98 Å². The van der Waals surface area contributed by atoms with E-state index in [0.717, 1.165) is 30.0 Å². The second kappa shape index (κ2) is 14.4. The molecule has 2 rings (SSSR count). The van der Waals surface area contributed by atoms with Gasteiger partial charge < -0.3 is 15.3 Å². The smallest absolute Gasteiger partial charge is 0.146 e. The highest BCUT2D eigenvalue weighted by atomic mass is 32.1. The molecule has 0 radical (unpaired) electrons. The number of rotatable bonds is 1. The van der Waals surface area contributed by atoms with Crippen LogP contribution in [0.4, 0.5) is 0 Å². The molecule has 0 bridgehead atoms. The second-order valence-electron chi connectivity index (χ2n) is 11.0. The van der Waals surface area contributed by atoms with Gasteiger partial charge in [0, 0.05) is 24.1 Å². The summed E-state index contributed by atoms with van der Waals surface area (Å²) in [7, 11) is 0. The van der Waals surface area contributed by atoms with Crippen molar-refractivity contribution in [1.29, 1.82) is 0 Å². The minimum Gasteiger partial charge on any atom is -0.392 e. The molecule has 3 N–H and O–H groups in total. The molecule has 0 amide bonds. The molecule has 1 fully saturated rings. The first-order valence-electron chi connectivity index (χ1n) is 12.9. The fraction of sp³-hybridized carbons (Fsp3) is 0.750. The minimum absolute atomic E-state index is 0.0481. The molecule has 1 aliphatic rings. The first-order chi connectivity index (χ1) is 16.2. The van der Waals surface area contributed by atoms with E-state index >= 15 is 0 Å². The van der Waals surface area contributed by atoms with Crippen LogP contribution in [0.2, 0.25) is 0 Å². The summed E-state index contributed by atoms with van der Waals surface area (Å²) in [5, 5.41) is 34.7. The van der Waals surface area contributed by atoms with Gasteiger partial charge in [-0.3, -0.25) is 9.59 Å². The van der Waals surface area contributed by atoms with Crippen molar-refractivity contribution in [3.05, 3.63) is 22.2 Å². The van der Waals surface area contributed by atoms with Gasteiger partial charge in [0.2, 0.25) is 0 Å². The molecular weight excluding hydrogens is 462 g/mol. The van der Waals surface area contributed by atoms with E-state index in [1.807, 2.05) is 39.8 Å². The largest absolute Gasteiger partial charge is 0.392 e. The quantitative estimate of drug-likeness (QED) is 0.460. The number of aromatic nitrogens is 1. The molecule has 0 aromatic carbocycles. The molecule has 0 saturated heterocycles. The Kier molecular flexibility index (Phi) is 13.0. The summed E-state index contributed by atoms with van der Waals surface area (Å²) in [5.74, 6) is -0.965. The molecule has 0 aliphatic heterocycles. The third kappa shape index (κ3) is 10.6. The highest BCUT2D eigenvalue weighted by Gasteiger charge is 2.41. The molecular formula is C28H47NO5S. The summed E-state index contributed by atoms with van der Waals surface area (Å²) in [5.41, 5.74) is -0.774. The lowest BCUT2D eigenvalue weighted by Crippen LogP contribution is -2.45. The van der Waals surface area contributed by atoms with E-state index < -0.39 is 29.1 Å². The van der Waals surface area contributed by atoms with Crippen LogP contribution >= 0.6 is 11.3 Å². The summed E-state index contributed by atoms with van der Waals surface area (Å²) in [6, 6.07) is 0. The summed E-state index contributed by atoms with van der Waals surface area (Å²) < 4.78 is 0. The van der Waals surface area contributed by atoms with E-state index in [1.165, 1.54) is 0 Å². The molecule has 200 valence electrons. The van der Waals surface area contributed by atoms with Crippen molar-refractivity contribution in [2.75, 3.05) is 0 Å². The summed E-state index contributed by atoms with van der Waals surface area (Å²) in [6.07, 6.45) is 6.68. The normalized spacial score (nSPS) is 31.7. The second-order valence-corrected chi connectivity index (χ2v) is 12.1. The van der Waals surface area contributed by atoms with E-state index in [2.05, 4.69) is 10.4 Å². The van der Waals surface area contributed by atoms with Gasteiger partial charge in [0.1, 0.15) is 11.6 Å². The summed E-state index contributed by atoms with van der Waals surface area (Å²) >= 11 is 1.68. The van der Waals surface area contributed by atoms with Gasteiger partial charge in [-0.15, -0.1) is 11.3 Å². The number of thiazole rings is 1. The number of allylic oxidation sites excluding steroid dienone is 1. The summed E-state index contributed by atoms with van der Waals surface area (Å²) in [4.78, 5) is 29.3. The van der Waals surface area contributed by atoms with Crippen LogP contribution in [0.25, 0.3) is 6.08 Å². The van der Waals surface area contributed by atoms with Crippen LogP contribution in [0.3, 0.4) is 0 Å². The van der Waals surface area contributed by atoms with Crippen LogP contribution < -0.4 is 0 Å². The maximum atomic E-state index is 12.9. The van der Waals surface area contributed by atoms with Crippen LogP contribution in [-0.2, 0) is 9.59 Å². The Labute approximate surface area is 215 Å². The van der Waals surface area contributed by atoms with Crippen molar-refractivity contribution in [1.82, 2.24) is 4.98 Å². The Bertz CT molecular complexity index is 829. The van der Waals surface area contributed by atoms with Gasteiger partial charge in [0.05, 0.1) is 33.9 Å². The maximum absolute atomic E-state index is 12.9. The number of aliphatic hydroxyl groups excluding tert-OH is 2. The molecule has 0 spiro atoms. The number of nitrogens with zero attached hydrogens (tertiary/aromatic N) is 1. The van der Waals surface area contributed by atoms with Crippen LogP contribution in [-0.4, -0.2) is 49.7 Å². The Morgan fingerprint density at radius 3 is 2.29 bits per heavy atom. The predicted octanol–water partition coefficient (Wildman–Crippen LogP) is 5.51. The zero-order chi connectivity index (χ0) is 26.8. The van der Waals surface area contributed by atoms with Gasteiger partial charge in [0.15, 0.2) is 0 Å². The monoisotopic (exact) mass is 509 g/mol. The molecule has 7 heteroatoms. The molecule has 1 aromatic heterocycles. The van der Waals surface area contributed by atoms with Crippen LogP contribution in [0.1, 0.15) is 104 Å². The van der Waals surface area contributed by atoms with Crippen molar-refractivity contribution in [2.24, 2.45) is 17.3 Å². The average Bonchev–Trinajstić information content (AvgIpc) is 3.19. The molecule has 1 saturated carbocycles. The van der Waals surface area contributed by atoms with Crippen molar-refractivity contribution >= 4 is 29.0 Å². The van der Waals surface area contributed by atoms with E-state index in [4.69, 9.17) is 0 Å². The first kappa shape index (κ1) is 31.6. The van der Waals surface area contributed by atoms with Crippen LogP contribution in [0.5, 0.6) is 0 Å². The standard InChI is InChI=1S/C21H38O5.C7H9NS/c1-14-9-8-12-21(5,26)11-7-6-10-16(22)13-17(23)20(3,4)19(25)15(2)18(14)24;1-3-4-7-5-9-6(2)8-7/h14-15,17-18,23-24,26H,6-13H2,1-5H3;3-5H,1-2H3/b;4-3-/t14-,15+,17?,18-,21-;/m0./s1. The summed E-state index contributed by atoms with van der Waals surface area (Å²) in [6.45, 7) is 12.7. The van der Waals surface area contributed by atoms with Crippen molar-refractivity contribution in [2.45, 2.75) is 118 Å². The zero-order valence-corrected chi connectivity index (χ0v) is 23.5. The average molecular weight is 510 g/mol. The van der Waals surface area contributed by atoms with E-state index in [9.17, 15) is 24.9 Å². The minimum atomic E-state index is -1.07. The molecule has 35 heavy (non-hydrogen) atoms. The lowest BCUT2D eigenvalue weighted by atomic mass is 9.72. The van der Waals surface area contributed by atoms with E-state index in [1.54, 1.807) is 32.1 Å². The van der Waals surface area contributed by atoms with E-state index in [-0.39, 0.29) is 23.9 Å². The van der Waals surface area contributed by atoms with Gasteiger partial charge in [-0.2, -0.15) is 0 Å². The highest BCUT2D eigenvalue weighted by molar-refractivity contribution is 7.09. The predicted molar refractivity (Wildman–Crippen MR) is 143 cm³/mol. The van der Waals surface area contributed by atoms with Crippen molar-refractivity contribution in [3.63, 3.8) is 0 Å². The number of hydrogen-bond donors (Lipinski definition) is 3. The van der Waals surface area contributed by atoms with E-state index in [0.29, 0.717) is 25.7 Å². The van der Waals surface area contributed by atoms with Gasteiger partial charge in [-0.05, 0) is 58.4 Å². The molecule has 1 aliphatic carbocycles. The van der Waals surface area contributed by atoms with Gasteiger partial charge >= 0.3 is 0 Å². The Morgan fingerprint density at radius 2 is 1.71 bits per heavy atom. The number of hydrogen-bond acceptors (Lipinski definition) is 7. The molecule has 1 heterocycles. The van der Waals surface area contributed by atoms with Crippen LogP contribution in [0.15, 0.2) is 11.5 Å². The number of carbonyl (C=O) groups is 2. The maximum Gasteiger partial charge on any atom is 0.146 e. The SMILES string of the molecule is C/C=C\c1csc(C)n1.C[C@H]1CCC[C@@](C)(O)CCCCC(=O)CC(O)C(C)(C)C(=O)[C@H](C)[C@H]1O.